The fourth-order valence-electron chi connectivity index (χ4n) is 5.50. The number of ether oxygens (including phenoxy) is 3. The van der Waals surface area contributed by atoms with Gasteiger partial charge in [-0.15, -0.1) is 0 Å². The van der Waals surface area contributed by atoms with Gasteiger partial charge in [-0.3, -0.25) is 19.2 Å². The van der Waals surface area contributed by atoms with Crippen LogP contribution in [0, 0.1) is 11.6 Å². The van der Waals surface area contributed by atoms with Gasteiger partial charge < -0.3 is 23.3 Å². The molecule has 236 valence electrons. The van der Waals surface area contributed by atoms with Crippen molar-refractivity contribution in [1.29, 1.82) is 0 Å². The van der Waals surface area contributed by atoms with E-state index >= 15 is 0 Å². The van der Waals surface area contributed by atoms with Crippen LogP contribution >= 0.6 is 11.6 Å². The summed E-state index contributed by atoms with van der Waals surface area (Å²) < 4.78 is 48.2. The van der Waals surface area contributed by atoms with Gasteiger partial charge in [-0.05, 0) is 63.1 Å². The molecule has 3 fully saturated rings. The van der Waals surface area contributed by atoms with Crippen molar-refractivity contribution >= 4 is 46.0 Å². The van der Waals surface area contributed by atoms with Crippen LogP contribution in [0.4, 0.5) is 8.78 Å². The van der Waals surface area contributed by atoms with Crippen LogP contribution in [0.5, 0.6) is 5.75 Å². The molecule has 2 aromatic carbocycles. The Hall–Kier alpha value is -3.93. The van der Waals surface area contributed by atoms with E-state index < -0.39 is 22.5 Å². The van der Waals surface area contributed by atoms with Crippen LogP contribution < -0.4 is 15.6 Å². The smallest absolute Gasteiger partial charge is 0.199 e. The third-order valence-corrected chi connectivity index (χ3v) is 8.42. The van der Waals surface area contributed by atoms with E-state index in [9.17, 15) is 28.0 Å². The van der Waals surface area contributed by atoms with E-state index in [2.05, 4.69) is 0 Å². The van der Waals surface area contributed by atoms with Crippen molar-refractivity contribution in [3.05, 3.63) is 84.9 Å². The summed E-state index contributed by atoms with van der Waals surface area (Å²) in [6, 6.07) is 5.75. The SMILES string of the molecule is O=Cc1cn(C2CC2)c2cc(Cl)c(F)cc2c1=O.O=Cc1cn(C2CC2)c2cc(OCCOC3CCCCO3)c(F)cc2c1=O. The normalized spacial score (nSPS) is 18.0. The Labute approximate surface area is 261 Å². The van der Waals surface area contributed by atoms with Crippen LogP contribution in [-0.4, -0.2) is 47.8 Å². The Kier molecular flexibility index (Phi) is 9.11. The molecule has 1 saturated heterocycles. The first-order valence-corrected chi connectivity index (χ1v) is 15.4. The van der Waals surface area contributed by atoms with Crippen molar-refractivity contribution in [2.24, 2.45) is 0 Å². The number of nitrogens with zero attached hydrogens (tertiary/aromatic N) is 2. The predicted molar refractivity (Wildman–Crippen MR) is 164 cm³/mol. The van der Waals surface area contributed by atoms with Gasteiger partial charge in [0.25, 0.3) is 0 Å². The van der Waals surface area contributed by atoms with Gasteiger partial charge in [-0.25, -0.2) is 8.78 Å². The summed E-state index contributed by atoms with van der Waals surface area (Å²) in [7, 11) is 0. The maximum Gasteiger partial charge on any atom is 0.199 e. The molecule has 0 radical (unpaired) electrons. The number of halogens is 3. The fourth-order valence-corrected chi connectivity index (χ4v) is 5.66. The first-order valence-electron chi connectivity index (χ1n) is 15.0. The molecule has 9 nitrogen and oxygen atoms in total. The van der Waals surface area contributed by atoms with E-state index in [1.54, 1.807) is 6.20 Å². The van der Waals surface area contributed by atoms with Gasteiger partial charge >= 0.3 is 0 Å². The summed E-state index contributed by atoms with van der Waals surface area (Å²) in [5.41, 5.74) is 0.354. The monoisotopic (exact) mass is 640 g/mol. The Morgan fingerprint density at radius 3 is 1.91 bits per heavy atom. The summed E-state index contributed by atoms with van der Waals surface area (Å²) in [5.74, 6) is -1.20. The van der Waals surface area contributed by atoms with Crippen LogP contribution in [0.3, 0.4) is 0 Å². The average Bonchev–Trinajstić information content (AvgIpc) is 3.97. The number of aldehydes is 2. The standard InChI is InChI=1S/C20H22FNO5.C13H9ClFNO2/c21-16-9-15-17(22(14-4-5-14)11-13(12-23)20(15)24)10-18(16)25-7-8-27-19-3-1-2-6-26-19;14-10-4-12-9(3-11(10)15)13(18)7(6-17)5-16(12)8-1-2-8/h9-12,14,19H,1-8H2;3-6,8H,1-2H2. The Morgan fingerprint density at radius 1 is 0.800 bits per heavy atom. The van der Waals surface area contributed by atoms with Gasteiger partial charge in [0, 0.05) is 47.9 Å². The molecular weight excluding hydrogens is 610 g/mol. The third kappa shape index (κ3) is 6.70. The molecule has 0 bridgehead atoms. The van der Waals surface area contributed by atoms with Crippen molar-refractivity contribution < 1.29 is 32.6 Å². The van der Waals surface area contributed by atoms with Crippen LogP contribution in [-0.2, 0) is 9.47 Å². The highest BCUT2D eigenvalue weighted by Crippen LogP contribution is 2.38. The molecular formula is C33H31ClF2N2O7. The molecule has 0 amide bonds. The van der Waals surface area contributed by atoms with Crippen molar-refractivity contribution in [1.82, 2.24) is 9.13 Å². The number of hydrogen-bond donors (Lipinski definition) is 0. The molecule has 1 unspecified atom stereocenters. The van der Waals surface area contributed by atoms with Crippen molar-refractivity contribution in [2.45, 2.75) is 63.3 Å². The number of hydrogen-bond acceptors (Lipinski definition) is 7. The van der Waals surface area contributed by atoms with E-state index in [1.165, 1.54) is 18.3 Å². The van der Waals surface area contributed by atoms with Gasteiger partial charge in [-0.2, -0.15) is 0 Å². The van der Waals surface area contributed by atoms with E-state index in [1.807, 2.05) is 9.13 Å². The lowest BCUT2D eigenvalue weighted by molar-refractivity contribution is -0.165. The predicted octanol–water partition coefficient (Wildman–Crippen LogP) is 6.15. The number of fused-ring (bicyclic) bond motifs is 2. The molecule has 2 aromatic heterocycles. The Balaban J connectivity index is 0.000000172. The quantitative estimate of drug-likeness (QED) is 0.160. The average molecular weight is 641 g/mol. The number of aromatic nitrogens is 2. The molecule has 2 aliphatic carbocycles. The minimum absolute atomic E-state index is 0.0184. The minimum Gasteiger partial charge on any atom is -0.488 e. The van der Waals surface area contributed by atoms with E-state index in [0.29, 0.717) is 36.8 Å². The first-order chi connectivity index (χ1) is 21.8. The number of carbonyl (C=O) groups is 2. The van der Waals surface area contributed by atoms with E-state index in [4.69, 9.17) is 25.8 Å². The van der Waals surface area contributed by atoms with Crippen LogP contribution in [0.2, 0.25) is 5.02 Å². The zero-order chi connectivity index (χ0) is 31.7. The molecule has 1 atom stereocenters. The topological polar surface area (TPSA) is 106 Å². The summed E-state index contributed by atoms with van der Waals surface area (Å²) in [6.07, 6.45) is 10.8. The molecule has 3 heterocycles. The second-order valence-corrected chi connectivity index (χ2v) is 11.8. The summed E-state index contributed by atoms with van der Waals surface area (Å²) in [6.45, 7) is 1.18. The zero-order valence-electron chi connectivity index (χ0n) is 24.3. The number of benzene rings is 2. The highest BCUT2D eigenvalue weighted by Gasteiger charge is 2.27. The summed E-state index contributed by atoms with van der Waals surface area (Å²) in [5, 5.41) is 0.381. The third-order valence-electron chi connectivity index (χ3n) is 8.13. The first kappa shape index (κ1) is 31.1. The van der Waals surface area contributed by atoms with Gasteiger partial charge in [0.05, 0.1) is 33.8 Å². The largest absolute Gasteiger partial charge is 0.488 e. The maximum atomic E-state index is 14.4. The van der Waals surface area contributed by atoms with Crippen molar-refractivity contribution in [3.8, 4) is 5.75 Å². The zero-order valence-corrected chi connectivity index (χ0v) is 25.1. The number of carbonyl (C=O) groups excluding carboxylic acids is 2. The van der Waals surface area contributed by atoms with E-state index in [-0.39, 0.29) is 57.7 Å². The van der Waals surface area contributed by atoms with Crippen LogP contribution in [0.15, 0.2) is 46.2 Å². The number of pyridine rings is 2. The van der Waals surface area contributed by atoms with Crippen molar-refractivity contribution in [2.75, 3.05) is 19.8 Å². The van der Waals surface area contributed by atoms with Gasteiger partial charge in [-0.1, -0.05) is 11.6 Å². The lowest BCUT2D eigenvalue weighted by Crippen LogP contribution is -2.24. The highest BCUT2D eigenvalue weighted by molar-refractivity contribution is 6.31. The van der Waals surface area contributed by atoms with Gasteiger partial charge in [0.2, 0.25) is 0 Å². The summed E-state index contributed by atoms with van der Waals surface area (Å²) in [4.78, 5) is 46.4. The van der Waals surface area contributed by atoms with E-state index in [0.717, 1.165) is 57.1 Å². The Bertz CT molecular complexity index is 1890. The minimum atomic E-state index is -0.647. The Morgan fingerprint density at radius 2 is 1.38 bits per heavy atom. The summed E-state index contributed by atoms with van der Waals surface area (Å²) >= 11 is 5.75. The molecule has 45 heavy (non-hydrogen) atoms. The molecule has 3 aliphatic rings. The van der Waals surface area contributed by atoms with Gasteiger partial charge in [0.15, 0.2) is 41.3 Å². The lowest BCUT2D eigenvalue weighted by atomic mass is 10.1. The second-order valence-electron chi connectivity index (χ2n) is 11.4. The molecule has 2 saturated carbocycles. The van der Waals surface area contributed by atoms with Crippen molar-refractivity contribution in [3.63, 3.8) is 0 Å². The van der Waals surface area contributed by atoms with Crippen LogP contribution in [0.1, 0.15) is 77.7 Å². The lowest BCUT2D eigenvalue weighted by Gasteiger charge is -2.22. The number of rotatable bonds is 9. The maximum absolute atomic E-state index is 14.4. The second kappa shape index (κ2) is 13.2. The molecule has 0 spiro atoms. The highest BCUT2D eigenvalue weighted by atomic mass is 35.5. The molecule has 4 aromatic rings. The van der Waals surface area contributed by atoms with Gasteiger partial charge in [0.1, 0.15) is 12.4 Å². The molecule has 12 heteroatoms. The molecule has 7 rings (SSSR count). The molecule has 0 N–H and O–H groups in total. The van der Waals surface area contributed by atoms with Crippen LogP contribution in [0.25, 0.3) is 21.8 Å². The molecule has 1 aliphatic heterocycles. The fraction of sp³-hybridized carbons (Fsp3) is 0.394.